The van der Waals surface area contributed by atoms with Crippen LogP contribution in [0.4, 0.5) is 5.69 Å². The van der Waals surface area contributed by atoms with E-state index < -0.39 is 0 Å². The van der Waals surface area contributed by atoms with Gasteiger partial charge in [-0.3, -0.25) is 4.79 Å². The van der Waals surface area contributed by atoms with E-state index in [1.807, 2.05) is 37.3 Å². The maximum absolute atomic E-state index is 12.0. The minimum Gasteiger partial charge on any atom is -0.466 e. The maximum atomic E-state index is 12.0. The largest absolute Gasteiger partial charge is 0.466 e. The third-order valence-electron chi connectivity index (χ3n) is 3.33. The van der Waals surface area contributed by atoms with Gasteiger partial charge in [0, 0.05) is 21.5 Å². The Bertz CT molecular complexity index is 862. The molecular weight excluding hydrogens is 314 g/mol. The van der Waals surface area contributed by atoms with Gasteiger partial charge in [-0.1, -0.05) is 35.9 Å². The standard InChI is InChI=1S/C17H14ClN3O2/c1-11-6-7-13(8-15(11)18)20-16(22)10-23-17-14-5-3-2-4-12(14)9-19-21-17/h2-9H,10H2,1H3,(H,20,22). The minimum absolute atomic E-state index is 0.159. The van der Waals surface area contributed by atoms with Crippen LogP contribution < -0.4 is 10.1 Å². The van der Waals surface area contributed by atoms with E-state index in [1.54, 1.807) is 18.3 Å². The molecule has 23 heavy (non-hydrogen) atoms. The molecule has 1 aromatic heterocycles. The van der Waals surface area contributed by atoms with Crippen LogP contribution in [0.15, 0.2) is 48.7 Å². The third kappa shape index (κ3) is 3.57. The van der Waals surface area contributed by atoms with Gasteiger partial charge < -0.3 is 10.1 Å². The molecule has 0 bridgehead atoms. The van der Waals surface area contributed by atoms with Gasteiger partial charge in [0.15, 0.2) is 6.61 Å². The van der Waals surface area contributed by atoms with E-state index in [1.165, 1.54) is 0 Å². The van der Waals surface area contributed by atoms with Crippen LogP contribution in [0.3, 0.4) is 0 Å². The van der Waals surface area contributed by atoms with Crippen LogP contribution in [-0.2, 0) is 4.79 Å². The number of carbonyl (C=O) groups excluding carboxylic acids is 1. The fourth-order valence-electron chi connectivity index (χ4n) is 2.11. The molecule has 0 saturated carbocycles. The molecule has 116 valence electrons. The van der Waals surface area contributed by atoms with Gasteiger partial charge in [-0.2, -0.15) is 5.10 Å². The molecule has 1 amide bonds. The molecule has 1 heterocycles. The summed E-state index contributed by atoms with van der Waals surface area (Å²) >= 11 is 6.03. The van der Waals surface area contributed by atoms with Gasteiger partial charge in [-0.05, 0) is 30.7 Å². The van der Waals surface area contributed by atoms with Crippen molar-refractivity contribution in [3.05, 3.63) is 59.2 Å². The monoisotopic (exact) mass is 327 g/mol. The normalized spacial score (nSPS) is 10.5. The molecule has 0 saturated heterocycles. The Labute approximate surface area is 138 Å². The molecule has 6 heteroatoms. The van der Waals surface area contributed by atoms with Crippen molar-refractivity contribution in [3.8, 4) is 5.88 Å². The summed E-state index contributed by atoms with van der Waals surface area (Å²) in [6.45, 7) is 1.74. The number of ether oxygens (including phenoxy) is 1. The van der Waals surface area contributed by atoms with Crippen LogP contribution in [-0.4, -0.2) is 22.7 Å². The number of halogens is 1. The fourth-order valence-corrected chi connectivity index (χ4v) is 2.29. The number of aryl methyl sites for hydroxylation is 1. The number of fused-ring (bicyclic) bond motifs is 1. The molecule has 0 atom stereocenters. The molecule has 0 unspecified atom stereocenters. The Hall–Kier alpha value is -2.66. The van der Waals surface area contributed by atoms with Crippen molar-refractivity contribution in [2.75, 3.05) is 11.9 Å². The molecule has 0 aliphatic rings. The Morgan fingerprint density at radius 1 is 1.26 bits per heavy atom. The number of amides is 1. The van der Waals surface area contributed by atoms with Crippen LogP contribution in [0, 0.1) is 6.92 Å². The lowest BCUT2D eigenvalue weighted by Crippen LogP contribution is -2.20. The second kappa shape index (κ2) is 6.62. The second-order valence-corrected chi connectivity index (χ2v) is 5.44. The zero-order valence-corrected chi connectivity index (χ0v) is 13.2. The SMILES string of the molecule is Cc1ccc(NC(=O)COc2nncc3ccccc23)cc1Cl. The van der Waals surface area contributed by atoms with Gasteiger partial charge in [-0.25, -0.2) is 0 Å². The summed E-state index contributed by atoms with van der Waals surface area (Å²) in [7, 11) is 0. The maximum Gasteiger partial charge on any atom is 0.262 e. The molecule has 0 spiro atoms. The molecule has 0 fully saturated rings. The number of carbonyl (C=O) groups is 1. The van der Waals surface area contributed by atoms with Crippen LogP contribution in [0.25, 0.3) is 10.8 Å². The molecule has 2 aromatic carbocycles. The highest BCUT2D eigenvalue weighted by atomic mass is 35.5. The zero-order chi connectivity index (χ0) is 16.2. The number of rotatable bonds is 4. The van der Waals surface area contributed by atoms with E-state index >= 15 is 0 Å². The van der Waals surface area contributed by atoms with Gasteiger partial charge in [0.2, 0.25) is 5.88 Å². The first kappa shape index (κ1) is 15.2. The number of hydrogen-bond donors (Lipinski definition) is 1. The molecule has 5 nitrogen and oxygen atoms in total. The number of nitrogens with one attached hydrogen (secondary N) is 1. The molecular formula is C17H14ClN3O2. The summed E-state index contributed by atoms with van der Waals surface area (Å²) in [5.74, 6) is 0.0415. The summed E-state index contributed by atoms with van der Waals surface area (Å²) < 4.78 is 5.49. The Morgan fingerprint density at radius 2 is 2.09 bits per heavy atom. The van der Waals surface area contributed by atoms with Crippen molar-refractivity contribution in [3.63, 3.8) is 0 Å². The molecule has 0 aliphatic heterocycles. The molecule has 0 radical (unpaired) electrons. The summed E-state index contributed by atoms with van der Waals surface area (Å²) in [6.07, 6.45) is 1.65. The van der Waals surface area contributed by atoms with Crippen molar-refractivity contribution in [2.24, 2.45) is 0 Å². The average molecular weight is 328 g/mol. The number of anilines is 1. The van der Waals surface area contributed by atoms with Crippen molar-refractivity contribution in [1.82, 2.24) is 10.2 Å². The van der Waals surface area contributed by atoms with E-state index in [-0.39, 0.29) is 12.5 Å². The topological polar surface area (TPSA) is 64.1 Å². The molecule has 3 rings (SSSR count). The smallest absolute Gasteiger partial charge is 0.262 e. The highest BCUT2D eigenvalue weighted by molar-refractivity contribution is 6.31. The van der Waals surface area contributed by atoms with Gasteiger partial charge in [0.05, 0.1) is 6.20 Å². The van der Waals surface area contributed by atoms with Crippen LogP contribution in [0.5, 0.6) is 5.88 Å². The molecule has 1 N–H and O–H groups in total. The van der Waals surface area contributed by atoms with Crippen LogP contribution in [0.1, 0.15) is 5.56 Å². The minimum atomic E-state index is -0.292. The highest BCUT2D eigenvalue weighted by Crippen LogP contribution is 2.22. The van der Waals surface area contributed by atoms with Crippen LogP contribution in [0.2, 0.25) is 5.02 Å². The summed E-state index contributed by atoms with van der Waals surface area (Å²) in [6, 6.07) is 12.9. The van der Waals surface area contributed by atoms with E-state index in [0.29, 0.717) is 16.6 Å². The van der Waals surface area contributed by atoms with Crippen molar-refractivity contribution >= 4 is 34.0 Å². The number of nitrogens with zero attached hydrogens (tertiary/aromatic N) is 2. The van der Waals surface area contributed by atoms with E-state index in [2.05, 4.69) is 15.5 Å². The van der Waals surface area contributed by atoms with E-state index in [4.69, 9.17) is 16.3 Å². The average Bonchev–Trinajstić information content (AvgIpc) is 2.56. The van der Waals surface area contributed by atoms with Crippen LogP contribution >= 0.6 is 11.6 Å². The van der Waals surface area contributed by atoms with Gasteiger partial charge in [-0.15, -0.1) is 5.10 Å². The predicted molar refractivity (Wildman–Crippen MR) is 89.9 cm³/mol. The Morgan fingerprint density at radius 3 is 2.91 bits per heavy atom. The third-order valence-corrected chi connectivity index (χ3v) is 3.74. The number of hydrogen-bond acceptors (Lipinski definition) is 4. The number of benzene rings is 2. The Kier molecular flexibility index (Phi) is 4.39. The molecule has 0 aliphatic carbocycles. The predicted octanol–water partition coefficient (Wildman–Crippen LogP) is 3.61. The van der Waals surface area contributed by atoms with Gasteiger partial charge >= 0.3 is 0 Å². The zero-order valence-electron chi connectivity index (χ0n) is 12.4. The van der Waals surface area contributed by atoms with Gasteiger partial charge in [0.1, 0.15) is 0 Å². The first-order valence-electron chi connectivity index (χ1n) is 7.03. The van der Waals surface area contributed by atoms with E-state index in [9.17, 15) is 4.79 Å². The molecule has 3 aromatic rings. The van der Waals surface area contributed by atoms with Crippen molar-refractivity contribution in [1.29, 1.82) is 0 Å². The first-order chi connectivity index (χ1) is 11.1. The van der Waals surface area contributed by atoms with Crippen molar-refractivity contribution in [2.45, 2.75) is 6.92 Å². The van der Waals surface area contributed by atoms with E-state index in [0.717, 1.165) is 16.3 Å². The second-order valence-electron chi connectivity index (χ2n) is 5.04. The Balaban J connectivity index is 1.67. The summed E-state index contributed by atoms with van der Waals surface area (Å²) in [5, 5.41) is 12.9. The fraction of sp³-hybridized carbons (Fsp3) is 0.118. The van der Waals surface area contributed by atoms with Crippen molar-refractivity contribution < 1.29 is 9.53 Å². The summed E-state index contributed by atoms with van der Waals surface area (Å²) in [4.78, 5) is 12.0. The highest BCUT2D eigenvalue weighted by Gasteiger charge is 2.08. The van der Waals surface area contributed by atoms with Gasteiger partial charge in [0.25, 0.3) is 5.91 Å². The first-order valence-corrected chi connectivity index (χ1v) is 7.40. The summed E-state index contributed by atoms with van der Waals surface area (Å²) in [5.41, 5.74) is 1.57. The quantitative estimate of drug-likeness (QED) is 0.795. The lowest BCUT2D eigenvalue weighted by Gasteiger charge is -2.09. The lowest BCUT2D eigenvalue weighted by atomic mass is 10.2. The lowest BCUT2D eigenvalue weighted by molar-refractivity contribution is -0.118. The number of aromatic nitrogens is 2.